The van der Waals surface area contributed by atoms with Crippen LogP contribution in [0.3, 0.4) is 0 Å². The molecular weight excluding hydrogens is 222 g/mol. The van der Waals surface area contributed by atoms with Crippen molar-refractivity contribution < 1.29 is 8.95 Å². The predicted octanol–water partition coefficient (Wildman–Crippen LogP) is 1.03. The molecule has 0 aromatic heterocycles. The summed E-state index contributed by atoms with van der Waals surface area (Å²) in [6, 6.07) is 9.66. The van der Waals surface area contributed by atoms with Crippen molar-refractivity contribution in [2.24, 2.45) is 5.92 Å². The first-order chi connectivity index (χ1) is 7.84. The van der Waals surface area contributed by atoms with Crippen LogP contribution >= 0.6 is 0 Å². The Bertz CT molecular complexity index is 338. The van der Waals surface area contributed by atoms with Gasteiger partial charge in [0, 0.05) is 29.6 Å². The van der Waals surface area contributed by atoms with Crippen LogP contribution in [-0.2, 0) is 10.8 Å². The molecule has 0 amide bonds. The van der Waals surface area contributed by atoms with Crippen LogP contribution in [-0.4, -0.2) is 35.4 Å². The molecule has 0 aliphatic carbocycles. The van der Waals surface area contributed by atoms with Gasteiger partial charge in [0.1, 0.15) is 5.75 Å². The van der Waals surface area contributed by atoms with Crippen molar-refractivity contribution in [2.45, 2.75) is 0 Å². The molecule has 1 aliphatic rings. The van der Waals surface area contributed by atoms with E-state index in [1.165, 1.54) is 0 Å². The van der Waals surface area contributed by atoms with Gasteiger partial charge in [0.05, 0.1) is 12.4 Å². The summed E-state index contributed by atoms with van der Waals surface area (Å²) in [5.41, 5.74) is 0. The Morgan fingerprint density at radius 1 is 1.31 bits per heavy atom. The van der Waals surface area contributed by atoms with Crippen LogP contribution in [0.15, 0.2) is 30.3 Å². The van der Waals surface area contributed by atoms with Crippen LogP contribution in [0, 0.1) is 5.92 Å². The van der Waals surface area contributed by atoms with Crippen LogP contribution in [0.25, 0.3) is 0 Å². The van der Waals surface area contributed by atoms with Gasteiger partial charge in [0.2, 0.25) is 0 Å². The van der Waals surface area contributed by atoms with Crippen LogP contribution in [0.2, 0.25) is 0 Å². The molecule has 1 heterocycles. The third kappa shape index (κ3) is 3.61. The van der Waals surface area contributed by atoms with Crippen LogP contribution in [0.5, 0.6) is 5.75 Å². The first kappa shape index (κ1) is 11.6. The molecule has 4 heteroatoms. The maximum atomic E-state index is 11.6. The third-order valence-corrected chi connectivity index (χ3v) is 4.08. The number of hydrogen-bond donors (Lipinski definition) is 1. The summed E-state index contributed by atoms with van der Waals surface area (Å²) >= 11 is 0. The van der Waals surface area contributed by atoms with Crippen molar-refractivity contribution in [1.29, 1.82) is 0 Å². The molecule has 88 valence electrons. The summed E-state index contributed by atoms with van der Waals surface area (Å²) in [4.78, 5) is 0. The number of hydrogen-bond acceptors (Lipinski definition) is 3. The van der Waals surface area contributed by atoms with Gasteiger partial charge in [0.25, 0.3) is 0 Å². The maximum absolute atomic E-state index is 11.6. The monoisotopic (exact) mass is 239 g/mol. The van der Waals surface area contributed by atoms with Crippen LogP contribution in [0.1, 0.15) is 0 Å². The lowest BCUT2D eigenvalue weighted by Gasteiger charge is -2.26. The van der Waals surface area contributed by atoms with Gasteiger partial charge in [-0.15, -0.1) is 0 Å². The van der Waals surface area contributed by atoms with Gasteiger partial charge in [-0.1, -0.05) is 18.2 Å². The molecule has 1 saturated heterocycles. The fraction of sp³-hybridized carbons (Fsp3) is 0.500. The molecule has 1 N–H and O–H groups in total. The lowest BCUT2D eigenvalue weighted by atomic mass is 10.1. The number of para-hydroxylation sites is 1. The molecule has 3 nitrogen and oxygen atoms in total. The molecule has 0 spiro atoms. The highest BCUT2D eigenvalue weighted by molar-refractivity contribution is 7.85. The summed E-state index contributed by atoms with van der Waals surface area (Å²) in [5, 5.41) is 3.18. The van der Waals surface area contributed by atoms with Gasteiger partial charge in [-0.05, 0) is 18.1 Å². The van der Waals surface area contributed by atoms with E-state index in [2.05, 4.69) is 5.32 Å². The van der Waals surface area contributed by atoms with E-state index in [4.69, 9.17) is 4.74 Å². The lowest BCUT2D eigenvalue weighted by molar-refractivity contribution is 0.341. The minimum Gasteiger partial charge on any atom is -0.493 e. The van der Waals surface area contributed by atoms with Gasteiger partial charge in [-0.25, -0.2) is 0 Å². The topological polar surface area (TPSA) is 38.3 Å². The predicted molar refractivity (Wildman–Crippen MR) is 66.2 cm³/mol. The quantitative estimate of drug-likeness (QED) is 0.806. The van der Waals surface area contributed by atoms with Gasteiger partial charge < -0.3 is 10.1 Å². The average molecular weight is 239 g/mol. The Hall–Kier alpha value is -0.870. The minimum atomic E-state index is -0.737. The third-order valence-electron chi connectivity index (χ3n) is 2.61. The summed E-state index contributed by atoms with van der Waals surface area (Å²) < 4.78 is 17.1. The second-order valence-corrected chi connectivity index (χ2v) is 5.62. The van der Waals surface area contributed by atoms with Crippen molar-refractivity contribution in [3.63, 3.8) is 0 Å². The Labute approximate surface area is 98.7 Å². The van der Waals surface area contributed by atoms with Crippen molar-refractivity contribution in [1.82, 2.24) is 5.32 Å². The van der Waals surface area contributed by atoms with Crippen molar-refractivity contribution in [3.05, 3.63) is 30.3 Å². The zero-order chi connectivity index (χ0) is 11.2. The molecule has 1 aromatic carbocycles. The zero-order valence-electron chi connectivity index (χ0n) is 9.22. The van der Waals surface area contributed by atoms with E-state index in [1.54, 1.807) is 0 Å². The normalized spacial score (nSPS) is 17.8. The van der Waals surface area contributed by atoms with Crippen molar-refractivity contribution in [3.8, 4) is 5.75 Å². The van der Waals surface area contributed by atoms with E-state index >= 15 is 0 Å². The number of benzene rings is 1. The molecule has 1 fully saturated rings. The van der Waals surface area contributed by atoms with Crippen molar-refractivity contribution in [2.75, 3.05) is 31.2 Å². The molecule has 1 aliphatic heterocycles. The summed E-state index contributed by atoms with van der Waals surface area (Å²) in [6.45, 7) is 2.58. The molecule has 2 rings (SSSR count). The van der Waals surface area contributed by atoms with E-state index in [-0.39, 0.29) is 0 Å². The molecular formula is C12H17NO2S. The Balaban J connectivity index is 1.62. The number of nitrogens with one attached hydrogen (secondary N) is 1. The zero-order valence-corrected chi connectivity index (χ0v) is 10.0. The minimum absolute atomic E-state index is 0.538. The first-order valence-corrected chi connectivity index (χ1v) is 7.07. The van der Waals surface area contributed by atoms with Crippen LogP contribution < -0.4 is 10.1 Å². The van der Waals surface area contributed by atoms with Gasteiger partial charge in [0.15, 0.2) is 0 Å². The van der Waals surface area contributed by atoms with E-state index in [0.29, 0.717) is 18.3 Å². The maximum Gasteiger partial charge on any atom is 0.119 e. The second-order valence-electron chi connectivity index (χ2n) is 4.00. The molecule has 1 aromatic rings. The number of ether oxygens (including phenoxy) is 1. The number of rotatable bonds is 6. The summed E-state index contributed by atoms with van der Waals surface area (Å²) in [5.74, 6) is 2.90. The highest BCUT2D eigenvalue weighted by Crippen LogP contribution is 2.09. The van der Waals surface area contributed by atoms with E-state index in [9.17, 15) is 4.21 Å². The average Bonchev–Trinajstić information content (AvgIpc) is 2.25. The fourth-order valence-corrected chi connectivity index (χ4v) is 2.78. The Morgan fingerprint density at radius 2 is 2.06 bits per heavy atom. The van der Waals surface area contributed by atoms with Gasteiger partial charge in [-0.3, -0.25) is 4.21 Å². The standard InChI is InChI=1S/C12H17NO2S/c14-16(10-11-8-13-9-11)7-6-15-12-4-2-1-3-5-12/h1-5,11,13H,6-10H2. The van der Waals surface area contributed by atoms with Gasteiger partial charge in [-0.2, -0.15) is 0 Å². The van der Waals surface area contributed by atoms with E-state index in [0.717, 1.165) is 24.6 Å². The second kappa shape index (κ2) is 6.01. The van der Waals surface area contributed by atoms with Crippen molar-refractivity contribution >= 4 is 10.8 Å². The van der Waals surface area contributed by atoms with Crippen LogP contribution in [0.4, 0.5) is 0 Å². The highest BCUT2D eigenvalue weighted by Gasteiger charge is 2.18. The highest BCUT2D eigenvalue weighted by atomic mass is 32.2. The molecule has 1 unspecified atom stereocenters. The summed E-state index contributed by atoms with van der Waals surface area (Å²) in [6.07, 6.45) is 0. The first-order valence-electron chi connectivity index (χ1n) is 5.58. The largest absolute Gasteiger partial charge is 0.493 e. The Morgan fingerprint density at radius 3 is 2.69 bits per heavy atom. The SMILES string of the molecule is O=S(CCOc1ccccc1)CC1CNC1. The van der Waals surface area contributed by atoms with E-state index in [1.807, 2.05) is 30.3 Å². The smallest absolute Gasteiger partial charge is 0.119 e. The molecule has 0 saturated carbocycles. The molecule has 0 bridgehead atoms. The molecule has 16 heavy (non-hydrogen) atoms. The fourth-order valence-electron chi connectivity index (χ4n) is 1.58. The molecule has 0 radical (unpaired) electrons. The lowest BCUT2D eigenvalue weighted by Crippen LogP contribution is -2.45. The van der Waals surface area contributed by atoms with Gasteiger partial charge >= 0.3 is 0 Å². The van der Waals surface area contributed by atoms with E-state index < -0.39 is 10.8 Å². The molecule has 1 atom stereocenters. The Kier molecular flexibility index (Phi) is 4.36. The summed E-state index contributed by atoms with van der Waals surface area (Å²) in [7, 11) is -0.737.